The van der Waals surface area contributed by atoms with Crippen molar-refractivity contribution in [2.45, 2.75) is 13.0 Å². The molecule has 0 aliphatic heterocycles. The van der Waals surface area contributed by atoms with Crippen LogP contribution in [0.1, 0.15) is 12.0 Å². The van der Waals surface area contributed by atoms with Gasteiger partial charge in [-0.3, -0.25) is 4.79 Å². The summed E-state index contributed by atoms with van der Waals surface area (Å²) in [5, 5.41) is 2.85. The minimum atomic E-state index is -0.118. The molecule has 5 nitrogen and oxygen atoms in total. The zero-order valence-electron chi connectivity index (χ0n) is 15.8. The summed E-state index contributed by atoms with van der Waals surface area (Å²) in [5.41, 5.74) is 1.82. The lowest BCUT2D eigenvalue weighted by molar-refractivity contribution is -0.116. The molecule has 144 valence electrons. The largest absolute Gasteiger partial charge is 0.493 e. The molecule has 0 bridgehead atoms. The van der Waals surface area contributed by atoms with Gasteiger partial charge in [-0.1, -0.05) is 42.5 Å². The molecule has 0 unspecified atom stereocenters. The Balaban J connectivity index is 1.42. The van der Waals surface area contributed by atoms with Crippen LogP contribution in [0.25, 0.3) is 0 Å². The van der Waals surface area contributed by atoms with Crippen LogP contribution < -0.4 is 19.5 Å². The maximum Gasteiger partial charge on any atom is 0.227 e. The van der Waals surface area contributed by atoms with Crippen LogP contribution in [0, 0.1) is 0 Å². The van der Waals surface area contributed by atoms with Crippen molar-refractivity contribution in [3.8, 4) is 17.2 Å². The molecule has 0 heterocycles. The number of anilines is 1. The van der Waals surface area contributed by atoms with Crippen molar-refractivity contribution in [2.24, 2.45) is 0 Å². The monoisotopic (exact) mass is 377 g/mol. The zero-order chi connectivity index (χ0) is 19.6. The molecule has 0 spiro atoms. The summed E-state index contributed by atoms with van der Waals surface area (Å²) in [6, 6.07) is 24.6. The Morgan fingerprint density at radius 1 is 0.821 bits per heavy atom. The zero-order valence-corrected chi connectivity index (χ0v) is 15.8. The van der Waals surface area contributed by atoms with Gasteiger partial charge in [0.2, 0.25) is 5.91 Å². The Bertz CT molecular complexity index is 879. The molecular formula is C23H23NO4. The van der Waals surface area contributed by atoms with E-state index in [1.165, 1.54) is 0 Å². The number of benzene rings is 3. The average molecular weight is 377 g/mol. The van der Waals surface area contributed by atoms with E-state index < -0.39 is 0 Å². The van der Waals surface area contributed by atoms with Crippen LogP contribution in [0.4, 0.5) is 5.69 Å². The van der Waals surface area contributed by atoms with E-state index in [4.69, 9.17) is 14.2 Å². The van der Waals surface area contributed by atoms with E-state index >= 15 is 0 Å². The Morgan fingerprint density at radius 2 is 1.50 bits per heavy atom. The summed E-state index contributed by atoms with van der Waals surface area (Å²) in [4.78, 5) is 12.1. The van der Waals surface area contributed by atoms with Crippen molar-refractivity contribution >= 4 is 11.6 Å². The second kappa shape index (κ2) is 10.0. The van der Waals surface area contributed by atoms with Crippen molar-refractivity contribution in [1.82, 2.24) is 0 Å². The number of rotatable bonds is 9. The van der Waals surface area contributed by atoms with Crippen LogP contribution in [0.3, 0.4) is 0 Å². The molecule has 0 saturated carbocycles. The molecule has 0 aromatic heterocycles. The van der Waals surface area contributed by atoms with E-state index in [0.29, 0.717) is 23.8 Å². The van der Waals surface area contributed by atoms with Crippen LogP contribution >= 0.6 is 0 Å². The SMILES string of the molecule is COc1ccccc1OCCC(=O)Nc1ccc(OCc2ccccc2)cc1. The fourth-order valence-corrected chi connectivity index (χ4v) is 2.59. The Kier molecular flexibility index (Phi) is 6.90. The molecule has 1 amide bonds. The number of carbonyl (C=O) groups excluding carboxylic acids is 1. The third-order valence-electron chi connectivity index (χ3n) is 4.04. The predicted octanol–water partition coefficient (Wildman–Crippen LogP) is 4.68. The van der Waals surface area contributed by atoms with Gasteiger partial charge < -0.3 is 19.5 Å². The number of hydrogen-bond donors (Lipinski definition) is 1. The van der Waals surface area contributed by atoms with E-state index in [-0.39, 0.29) is 18.9 Å². The Hall–Kier alpha value is -3.47. The highest BCUT2D eigenvalue weighted by Gasteiger charge is 2.06. The van der Waals surface area contributed by atoms with Crippen LogP contribution in [-0.2, 0) is 11.4 Å². The van der Waals surface area contributed by atoms with Gasteiger partial charge in [-0.15, -0.1) is 0 Å². The molecule has 3 rings (SSSR count). The molecule has 0 fully saturated rings. The fraction of sp³-hybridized carbons (Fsp3) is 0.174. The van der Waals surface area contributed by atoms with Gasteiger partial charge in [0, 0.05) is 5.69 Å². The summed E-state index contributed by atoms with van der Waals surface area (Å²) < 4.78 is 16.6. The van der Waals surface area contributed by atoms with E-state index in [0.717, 1.165) is 11.3 Å². The number of amides is 1. The van der Waals surface area contributed by atoms with Crippen LogP contribution in [0.2, 0.25) is 0 Å². The van der Waals surface area contributed by atoms with E-state index in [2.05, 4.69) is 5.32 Å². The summed E-state index contributed by atoms with van der Waals surface area (Å²) in [6.45, 7) is 0.775. The van der Waals surface area contributed by atoms with Crippen molar-refractivity contribution in [3.63, 3.8) is 0 Å². The second-order valence-corrected chi connectivity index (χ2v) is 6.10. The van der Waals surface area contributed by atoms with Crippen molar-refractivity contribution < 1.29 is 19.0 Å². The molecule has 5 heteroatoms. The number of methoxy groups -OCH3 is 1. The van der Waals surface area contributed by atoms with Crippen molar-refractivity contribution in [2.75, 3.05) is 19.0 Å². The van der Waals surface area contributed by atoms with Gasteiger partial charge in [-0.05, 0) is 42.0 Å². The molecule has 3 aromatic carbocycles. The van der Waals surface area contributed by atoms with E-state index in [1.807, 2.05) is 78.9 Å². The number of nitrogens with one attached hydrogen (secondary N) is 1. The maximum absolute atomic E-state index is 12.1. The molecule has 0 aliphatic carbocycles. The maximum atomic E-state index is 12.1. The highest BCUT2D eigenvalue weighted by molar-refractivity contribution is 5.90. The molecule has 0 aliphatic rings. The first-order chi connectivity index (χ1) is 13.7. The van der Waals surface area contributed by atoms with Crippen molar-refractivity contribution in [1.29, 1.82) is 0 Å². The molecule has 1 N–H and O–H groups in total. The van der Waals surface area contributed by atoms with Gasteiger partial charge in [0.15, 0.2) is 11.5 Å². The third-order valence-corrected chi connectivity index (χ3v) is 4.04. The second-order valence-electron chi connectivity index (χ2n) is 6.10. The minimum Gasteiger partial charge on any atom is -0.493 e. The van der Waals surface area contributed by atoms with Gasteiger partial charge in [0.25, 0.3) is 0 Å². The van der Waals surface area contributed by atoms with Crippen LogP contribution in [-0.4, -0.2) is 19.6 Å². The topological polar surface area (TPSA) is 56.8 Å². The molecule has 0 saturated heterocycles. The van der Waals surface area contributed by atoms with E-state index in [1.54, 1.807) is 7.11 Å². The average Bonchev–Trinajstić information content (AvgIpc) is 2.74. The molecule has 0 radical (unpaired) electrons. The van der Waals surface area contributed by atoms with Crippen molar-refractivity contribution in [3.05, 3.63) is 84.4 Å². The molecule has 0 atom stereocenters. The first-order valence-electron chi connectivity index (χ1n) is 9.07. The minimum absolute atomic E-state index is 0.118. The highest BCUT2D eigenvalue weighted by Crippen LogP contribution is 2.25. The van der Waals surface area contributed by atoms with Gasteiger partial charge in [-0.2, -0.15) is 0 Å². The normalized spacial score (nSPS) is 10.2. The standard InChI is InChI=1S/C23H23NO4/c1-26-21-9-5-6-10-22(21)27-16-15-23(25)24-19-11-13-20(14-12-19)28-17-18-7-3-2-4-8-18/h2-14H,15-17H2,1H3,(H,24,25). The lowest BCUT2D eigenvalue weighted by Crippen LogP contribution is -2.15. The smallest absolute Gasteiger partial charge is 0.227 e. The number of hydrogen-bond acceptors (Lipinski definition) is 4. The van der Waals surface area contributed by atoms with Gasteiger partial charge in [0.05, 0.1) is 20.1 Å². The Morgan fingerprint density at radius 3 is 2.21 bits per heavy atom. The summed E-state index contributed by atoms with van der Waals surface area (Å²) in [5.74, 6) is 1.90. The van der Waals surface area contributed by atoms with Gasteiger partial charge >= 0.3 is 0 Å². The van der Waals surface area contributed by atoms with Gasteiger partial charge in [0.1, 0.15) is 12.4 Å². The number of para-hydroxylation sites is 2. The summed E-state index contributed by atoms with van der Waals surface area (Å²) in [7, 11) is 1.59. The third kappa shape index (κ3) is 5.77. The van der Waals surface area contributed by atoms with Gasteiger partial charge in [-0.25, -0.2) is 0 Å². The first-order valence-corrected chi connectivity index (χ1v) is 9.07. The Labute approximate surface area is 164 Å². The van der Waals surface area contributed by atoms with Crippen LogP contribution in [0.5, 0.6) is 17.2 Å². The van der Waals surface area contributed by atoms with E-state index in [9.17, 15) is 4.79 Å². The fourth-order valence-electron chi connectivity index (χ4n) is 2.59. The quantitative estimate of drug-likeness (QED) is 0.588. The first kappa shape index (κ1) is 19.3. The summed E-state index contributed by atoms with van der Waals surface area (Å²) >= 11 is 0. The predicted molar refractivity (Wildman–Crippen MR) is 109 cm³/mol. The van der Waals surface area contributed by atoms with Crippen LogP contribution in [0.15, 0.2) is 78.9 Å². The number of carbonyl (C=O) groups is 1. The highest BCUT2D eigenvalue weighted by atomic mass is 16.5. The molecular weight excluding hydrogens is 354 g/mol. The molecule has 3 aromatic rings. The lowest BCUT2D eigenvalue weighted by atomic mass is 10.2. The molecule has 28 heavy (non-hydrogen) atoms. The lowest BCUT2D eigenvalue weighted by Gasteiger charge is -2.11. The number of ether oxygens (including phenoxy) is 3. The summed E-state index contributed by atoms with van der Waals surface area (Å²) in [6.07, 6.45) is 0.240.